The van der Waals surface area contributed by atoms with Crippen LogP contribution in [0.1, 0.15) is 19.8 Å². The van der Waals surface area contributed by atoms with Gasteiger partial charge < -0.3 is 10.4 Å². The fraction of sp³-hybridized carbons (Fsp3) is 0.538. The summed E-state index contributed by atoms with van der Waals surface area (Å²) in [6.07, 6.45) is 2.26. The van der Waals surface area contributed by atoms with Gasteiger partial charge in [0.2, 0.25) is 0 Å². The summed E-state index contributed by atoms with van der Waals surface area (Å²) in [5.74, 6) is -0.577. The van der Waals surface area contributed by atoms with Crippen molar-refractivity contribution in [2.75, 3.05) is 12.4 Å². The second kappa shape index (κ2) is 5.55. The lowest BCUT2D eigenvalue weighted by Gasteiger charge is -2.28. The highest BCUT2D eigenvalue weighted by Gasteiger charge is 2.32. The van der Waals surface area contributed by atoms with Crippen molar-refractivity contribution in [3.8, 4) is 0 Å². The summed E-state index contributed by atoms with van der Waals surface area (Å²) >= 11 is 1.29. The largest absolute Gasteiger partial charge is 0.394 e. The van der Waals surface area contributed by atoms with Gasteiger partial charge in [-0.05, 0) is 31.9 Å². The van der Waals surface area contributed by atoms with Crippen molar-refractivity contribution in [2.24, 2.45) is 0 Å². The van der Waals surface area contributed by atoms with E-state index >= 15 is 0 Å². The van der Waals surface area contributed by atoms with E-state index in [4.69, 9.17) is 0 Å². The maximum absolute atomic E-state index is 13.5. The molecule has 0 heterocycles. The van der Waals surface area contributed by atoms with Crippen molar-refractivity contribution in [1.82, 2.24) is 5.32 Å². The molecule has 0 bridgehead atoms. The lowest BCUT2D eigenvalue weighted by molar-refractivity contribution is 0.190. The molecule has 1 atom stereocenters. The zero-order valence-electron chi connectivity index (χ0n) is 10.2. The molecule has 1 aromatic rings. The monoisotopic (exact) mass is 273 g/mol. The third-order valence-corrected chi connectivity index (χ3v) is 4.34. The molecule has 18 heavy (non-hydrogen) atoms. The molecule has 100 valence electrons. The summed E-state index contributed by atoms with van der Waals surface area (Å²) in [6.45, 7) is 1.92. The summed E-state index contributed by atoms with van der Waals surface area (Å²) in [7, 11) is 0. The maximum atomic E-state index is 13.5. The Kier molecular flexibility index (Phi) is 4.25. The van der Waals surface area contributed by atoms with Gasteiger partial charge in [-0.2, -0.15) is 0 Å². The van der Waals surface area contributed by atoms with Crippen LogP contribution in [0.2, 0.25) is 0 Å². The molecule has 2 nitrogen and oxygen atoms in total. The molecule has 1 aliphatic rings. The number of nitrogens with one attached hydrogen (secondary N) is 1. The Morgan fingerprint density at radius 3 is 2.72 bits per heavy atom. The van der Waals surface area contributed by atoms with Crippen molar-refractivity contribution in [3.05, 3.63) is 29.8 Å². The Morgan fingerprint density at radius 1 is 1.44 bits per heavy atom. The molecule has 2 N–H and O–H groups in total. The van der Waals surface area contributed by atoms with Crippen molar-refractivity contribution in [1.29, 1.82) is 0 Å². The first-order valence-electron chi connectivity index (χ1n) is 5.99. The number of hydrogen-bond donors (Lipinski definition) is 2. The zero-order valence-corrected chi connectivity index (χ0v) is 11.1. The van der Waals surface area contributed by atoms with E-state index in [-0.39, 0.29) is 6.61 Å². The third kappa shape index (κ3) is 3.67. The van der Waals surface area contributed by atoms with E-state index in [1.54, 1.807) is 0 Å². The van der Waals surface area contributed by atoms with Gasteiger partial charge in [0.05, 0.1) is 6.61 Å². The quantitative estimate of drug-likeness (QED) is 0.781. The molecule has 1 saturated carbocycles. The molecular weight excluding hydrogens is 256 g/mol. The molecule has 1 aromatic carbocycles. The number of aliphatic hydroxyl groups is 1. The third-order valence-electron chi connectivity index (χ3n) is 2.92. The number of halogens is 2. The molecular formula is C13H17F2NOS. The lowest BCUT2D eigenvalue weighted by Crippen LogP contribution is -2.49. The van der Waals surface area contributed by atoms with Crippen molar-refractivity contribution in [3.63, 3.8) is 0 Å². The van der Waals surface area contributed by atoms with Crippen molar-refractivity contribution < 1.29 is 13.9 Å². The van der Waals surface area contributed by atoms with Crippen LogP contribution in [0.4, 0.5) is 8.78 Å². The van der Waals surface area contributed by atoms with Gasteiger partial charge in [-0.25, -0.2) is 8.78 Å². The Labute approximate surface area is 110 Å². The predicted molar refractivity (Wildman–Crippen MR) is 68.7 cm³/mol. The second-order valence-corrected chi connectivity index (χ2v) is 6.02. The van der Waals surface area contributed by atoms with Crippen LogP contribution in [-0.4, -0.2) is 29.0 Å². The van der Waals surface area contributed by atoms with E-state index in [1.165, 1.54) is 23.9 Å². The van der Waals surface area contributed by atoms with E-state index < -0.39 is 17.2 Å². The van der Waals surface area contributed by atoms with Gasteiger partial charge >= 0.3 is 0 Å². The number of hydrogen-bond acceptors (Lipinski definition) is 3. The molecule has 0 saturated heterocycles. The van der Waals surface area contributed by atoms with E-state index in [2.05, 4.69) is 5.32 Å². The molecule has 0 spiro atoms. The Balaban J connectivity index is 1.95. The van der Waals surface area contributed by atoms with Crippen LogP contribution >= 0.6 is 11.8 Å². The highest BCUT2D eigenvalue weighted by atomic mass is 32.2. The topological polar surface area (TPSA) is 32.3 Å². The molecule has 1 fully saturated rings. The van der Waals surface area contributed by atoms with Gasteiger partial charge in [-0.3, -0.25) is 0 Å². The van der Waals surface area contributed by atoms with E-state index in [0.29, 0.717) is 16.7 Å². The normalized spacial score (nSPS) is 18.7. The average Bonchev–Trinajstić information content (AvgIpc) is 3.12. The molecule has 0 aliphatic heterocycles. The van der Waals surface area contributed by atoms with Crippen LogP contribution in [0.25, 0.3) is 0 Å². The minimum absolute atomic E-state index is 0.000681. The van der Waals surface area contributed by atoms with Gasteiger partial charge in [0.15, 0.2) is 0 Å². The number of aliphatic hydroxyl groups excluding tert-OH is 1. The highest BCUT2D eigenvalue weighted by molar-refractivity contribution is 7.99. The summed E-state index contributed by atoms with van der Waals surface area (Å²) < 4.78 is 26.2. The molecule has 1 unspecified atom stereocenters. The first kappa shape index (κ1) is 13.8. The Bertz CT molecular complexity index is 425. The molecule has 0 radical (unpaired) electrons. The van der Waals surface area contributed by atoms with Crippen LogP contribution in [0.5, 0.6) is 0 Å². The minimum atomic E-state index is -0.571. The fourth-order valence-electron chi connectivity index (χ4n) is 1.68. The molecule has 5 heteroatoms. The maximum Gasteiger partial charge on any atom is 0.139 e. The highest BCUT2D eigenvalue weighted by Crippen LogP contribution is 2.28. The smallest absolute Gasteiger partial charge is 0.139 e. The molecule has 0 aromatic heterocycles. The van der Waals surface area contributed by atoms with E-state index in [0.717, 1.165) is 18.9 Å². The first-order chi connectivity index (χ1) is 8.52. The van der Waals surface area contributed by atoms with Gasteiger partial charge in [0.25, 0.3) is 0 Å². The van der Waals surface area contributed by atoms with Crippen LogP contribution in [0, 0.1) is 11.6 Å². The van der Waals surface area contributed by atoms with Gasteiger partial charge in [-0.1, -0.05) is 0 Å². The van der Waals surface area contributed by atoms with E-state index in [9.17, 15) is 13.9 Å². The summed E-state index contributed by atoms with van der Waals surface area (Å²) in [5, 5.41) is 12.8. The molecule has 1 aliphatic carbocycles. The summed E-state index contributed by atoms with van der Waals surface area (Å²) in [5.41, 5.74) is -0.424. The summed E-state index contributed by atoms with van der Waals surface area (Å²) in [6, 6.07) is 4.04. The van der Waals surface area contributed by atoms with E-state index in [1.807, 2.05) is 6.92 Å². The van der Waals surface area contributed by atoms with Gasteiger partial charge in [0, 0.05) is 28.3 Å². The standard InChI is InChI=1S/C13H17F2NOS/c1-13(7-17,16-10-3-4-10)8-18-12-5-2-9(14)6-11(12)15/h2,5-6,10,16-17H,3-4,7-8H2,1H3. The van der Waals surface area contributed by atoms with Crippen LogP contribution < -0.4 is 5.32 Å². The fourth-order valence-corrected chi connectivity index (χ4v) is 2.69. The summed E-state index contributed by atoms with van der Waals surface area (Å²) in [4.78, 5) is 0.411. The van der Waals surface area contributed by atoms with Crippen LogP contribution in [-0.2, 0) is 0 Å². The molecule has 0 amide bonds. The predicted octanol–water partition coefficient (Wildman–Crippen LogP) is 2.56. The number of rotatable bonds is 6. The second-order valence-electron chi connectivity index (χ2n) is 5.00. The van der Waals surface area contributed by atoms with Crippen LogP contribution in [0.3, 0.4) is 0 Å². The van der Waals surface area contributed by atoms with Gasteiger partial charge in [0.1, 0.15) is 11.6 Å². The first-order valence-corrected chi connectivity index (χ1v) is 6.97. The van der Waals surface area contributed by atoms with Crippen molar-refractivity contribution >= 4 is 11.8 Å². The Hall–Kier alpha value is -0.650. The minimum Gasteiger partial charge on any atom is -0.394 e. The number of benzene rings is 1. The van der Waals surface area contributed by atoms with Gasteiger partial charge in [-0.15, -0.1) is 11.8 Å². The van der Waals surface area contributed by atoms with Crippen LogP contribution in [0.15, 0.2) is 23.1 Å². The average molecular weight is 273 g/mol. The zero-order chi connectivity index (χ0) is 13.2. The molecule has 2 rings (SSSR count). The lowest BCUT2D eigenvalue weighted by atomic mass is 10.1. The SMILES string of the molecule is CC(CO)(CSc1ccc(F)cc1F)NC1CC1. The van der Waals surface area contributed by atoms with Crippen molar-refractivity contribution in [2.45, 2.75) is 36.2 Å². The Morgan fingerprint density at radius 2 is 2.17 bits per heavy atom. The number of thioether (sulfide) groups is 1.